The number of rotatable bonds is 6. The van der Waals surface area contributed by atoms with E-state index in [9.17, 15) is 4.79 Å². The molecule has 0 saturated carbocycles. The maximum atomic E-state index is 11.2. The number of aromatic nitrogens is 2. The topological polar surface area (TPSA) is 58.6 Å². The first-order valence-electron chi connectivity index (χ1n) is 7.80. The number of Topliss-reactive ketones (excluding diaryl/α,β-unsaturated/α-hetero) is 1. The molecule has 0 unspecified atom stereocenters. The minimum atomic E-state index is 0.347. The number of likely N-dealkylation sites (tertiary alicyclic amines) is 1. The van der Waals surface area contributed by atoms with Gasteiger partial charge in [0.2, 0.25) is 0 Å². The Kier molecular flexibility index (Phi) is 5.17. The van der Waals surface area contributed by atoms with E-state index in [2.05, 4.69) is 31.7 Å². The largest absolute Gasteiger partial charge is 0.475 e. The third-order valence-electron chi connectivity index (χ3n) is 4.07. The molecule has 3 rings (SSSR count). The van der Waals surface area contributed by atoms with E-state index in [1.807, 2.05) is 0 Å². The second kappa shape index (κ2) is 7.30. The summed E-state index contributed by atoms with van der Waals surface area (Å²) in [5.74, 6) is 1.00. The first-order valence-corrected chi connectivity index (χ1v) is 8.53. The van der Waals surface area contributed by atoms with Crippen LogP contribution in [0.15, 0.2) is 6.08 Å². The summed E-state index contributed by atoms with van der Waals surface area (Å²) in [7, 11) is 2.12. The molecule has 1 aromatic rings. The van der Waals surface area contributed by atoms with Crippen molar-refractivity contribution in [2.45, 2.75) is 19.3 Å². The zero-order valence-corrected chi connectivity index (χ0v) is 13.8. The van der Waals surface area contributed by atoms with Crippen molar-refractivity contribution in [3.8, 4) is 5.88 Å². The van der Waals surface area contributed by atoms with Crippen molar-refractivity contribution in [2.24, 2.45) is 0 Å². The van der Waals surface area contributed by atoms with Crippen LogP contribution in [0.3, 0.4) is 0 Å². The molecule has 1 saturated heterocycles. The molecule has 2 aliphatic rings. The normalized spacial score (nSPS) is 20.4. The van der Waals surface area contributed by atoms with Crippen LogP contribution < -0.4 is 4.74 Å². The van der Waals surface area contributed by atoms with Crippen LogP contribution in [0.1, 0.15) is 25.0 Å². The van der Waals surface area contributed by atoms with Crippen molar-refractivity contribution in [1.82, 2.24) is 18.5 Å². The van der Waals surface area contributed by atoms with Crippen LogP contribution in [0, 0.1) is 0 Å². The molecule has 0 amide bonds. The fraction of sp³-hybridized carbons (Fsp3) is 0.667. The lowest BCUT2D eigenvalue weighted by atomic mass is 10.1. The highest BCUT2D eigenvalue weighted by Gasteiger charge is 2.20. The van der Waals surface area contributed by atoms with Crippen LogP contribution in [0.4, 0.5) is 0 Å². The van der Waals surface area contributed by atoms with E-state index in [1.165, 1.54) is 17.3 Å². The average Bonchev–Trinajstić information content (AvgIpc) is 3.12. The zero-order valence-electron chi connectivity index (χ0n) is 13.0. The molecule has 1 aromatic heterocycles. The maximum absolute atomic E-state index is 11.2. The Morgan fingerprint density at radius 2 is 2.23 bits per heavy atom. The van der Waals surface area contributed by atoms with E-state index in [0.717, 1.165) is 44.7 Å². The number of hydrogen-bond acceptors (Lipinski definition) is 7. The van der Waals surface area contributed by atoms with E-state index >= 15 is 0 Å². The second-order valence-corrected chi connectivity index (χ2v) is 6.47. The molecule has 22 heavy (non-hydrogen) atoms. The summed E-state index contributed by atoms with van der Waals surface area (Å²) in [4.78, 5) is 15.7. The fourth-order valence-electron chi connectivity index (χ4n) is 2.87. The summed E-state index contributed by atoms with van der Waals surface area (Å²) < 4.78 is 14.5. The molecular weight excluding hydrogens is 300 g/mol. The zero-order chi connectivity index (χ0) is 15.4. The summed E-state index contributed by atoms with van der Waals surface area (Å²) in [5, 5.41) is 0. The molecule has 120 valence electrons. The summed E-state index contributed by atoms with van der Waals surface area (Å²) in [5.41, 5.74) is 2.11. The molecule has 0 bridgehead atoms. The van der Waals surface area contributed by atoms with E-state index in [-0.39, 0.29) is 0 Å². The third-order valence-corrected chi connectivity index (χ3v) is 4.58. The van der Waals surface area contributed by atoms with Gasteiger partial charge in [-0.25, -0.2) is 0 Å². The van der Waals surface area contributed by atoms with Crippen molar-refractivity contribution in [1.29, 1.82) is 0 Å². The summed E-state index contributed by atoms with van der Waals surface area (Å²) in [6.45, 7) is 5.00. The lowest BCUT2D eigenvalue weighted by molar-refractivity contribution is -0.116. The Labute approximate surface area is 135 Å². The quantitative estimate of drug-likeness (QED) is 0.736. The molecule has 6 nitrogen and oxygen atoms in total. The number of carbonyl (C=O) groups excluding carboxylic acids is 1. The van der Waals surface area contributed by atoms with Crippen LogP contribution in [0.5, 0.6) is 5.88 Å². The molecule has 7 heteroatoms. The number of likely N-dealkylation sites (N-methyl/N-ethyl adjacent to an activating group) is 1. The minimum Gasteiger partial charge on any atom is -0.475 e. The molecule has 1 fully saturated rings. The van der Waals surface area contributed by atoms with E-state index in [4.69, 9.17) is 4.74 Å². The van der Waals surface area contributed by atoms with Gasteiger partial charge in [0.25, 0.3) is 5.88 Å². The first-order chi connectivity index (χ1) is 10.7. The Hall–Kier alpha value is -1.31. The van der Waals surface area contributed by atoms with Gasteiger partial charge in [-0.3, -0.25) is 9.69 Å². The standard InChI is InChI=1S/C15H22N4O2S/c1-18-6-2-4-12(10-18)14-15(17-22-16-14)21-9-3-7-19-8-5-13(20)11-19/h4H,2-3,5-11H2,1H3. The van der Waals surface area contributed by atoms with Crippen LogP contribution in [0.25, 0.3) is 5.57 Å². The fourth-order valence-corrected chi connectivity index (χ4v) is 3.41. The Bertz CT molecular complexity index is 557. The molecule has 3 heterocycles. The van der Waals surface area contributed by atoms with Crippen LogP contribution in [-0.4, -0.2) is 70.7 Å². The molecule has 0 aromatic carbocycles. The number of carbonyl (C=O) groups is 1. The Balaban J connectivity index is 1.48. The van der Waals surface area contributed by atoms with Gasteiger partial charge in [0, 0.05) is 32.6 Å². The maximum Gasteiger partial charge on any atom is 0.253 e. The molecule has 0 radical (unpaired) electrons. The first kappa shape index (κ1) is 15.6. The Morgan fingerprint density at radius 1 is 1.32 bits per heavy atom. The smallest absolute Gasteiger partial charge is 0.253 e. The molecule has 2 aliphatic heterocycles. The van der Waals surface area contributed by atoms with Crippen molar-refractivity contribution in [2.75, 3.05) is 46.4 Å². The van der Waals surface area contributed by atoms with Crippen molar-refractivity contribution in [3.63, 3.8) is 0 Å². The van der Waals surface area contributed by atoms with Gasteiger partial charge in [-0.1, -0.05) is 6.08 Å². The molecule has 0 N–H and O–H groups in total. The number of ketones is 1. The molecule has 0 aliphatic carbocycles. The molecule has 0 spiro atoms. The summed E-state index contributed by atoms with van der Waals surface area (Å²) >= 11 is 1.21. The Morgan fingerprint density at radius 3 is 3.00 bits per heavy atom. The predicted octanol–water partition coefficient (Wildman–Crippen LogP) is 1.30. The van der Waals surface area contributed by atoms with Gasteiger partial charge in [-0.05, 0) is 25.5 Å². The van der Waals surface area contributed by atoms with Gasteiger partial charge in [0.15, 0.2) is 0 Å². The van der Waals surface area contributed by atoms with Crippen molar-refractivity contribution in [3.05, 3.63) is 11.8 Å². The molecule has 0 atom stereocenters. The van der Waals surface area contributed by atoms with E-state index in [0.29, 0.717) is 31.2 Å². The van der Waals surface area contributed by atoms with E-state index < -0.39 is 0 Å². The van der Waals surface area contributed by atoms with Gasteiger partial charge in [0.05, 0.1) is 24.9 Å². The number of nitrogens with zero attached hydrogens (tertiary/aromatic N) is 4. The van der Waals surface area contributed by atoms with Gasteiger partial charge in [0.1, 0.15) is 11.5 Å². The predicted molar refractivity (Wildman–Crippen MR) is 86.2 cm³/mol. The van der Waals surface area contributed by atoms with Gasteiger partial charge in [-0.15, -0.1) is 4.37 Å². The highest BCUT2D eigenvalue weighted by Crippen LogP contribution is 2.27. The number of hydrogen-bond donors (Lipinski definition) is 0. The second-order valence-electron chi connectivity index (χ2n) is 5.94. The van der Waals surface area contributed by atoms with Crippen LogP contribution >= 0.6 is 11.7 Å². The lowest BCUT2D eigenvalue weighted by Gasteiger charge is -2.22. The lowest BCUT2D eigenvalue weighted by Crippen LogP contribution is -2.25. The monoisotopic (exact) mass is 322 g/mol. The van der Waals surface area contributed by atoms with Crippen LogP contribution in [-0.2, 0) is 4.79 Å². The van der Waals surface area contributed by atoms with Crippen molar-refractivity contribution >= 4 is 23.1 Å². The SMILES string of the molecule is CN1CCC=C(c2nsnc2OCCCN2CCC(=O)C2)C1. The minimum absolute atomic E-state index is 0.347. The number of ether oxygens (including phenoxy) is 1. The highest BCUT2D eigenvalue weighted by molar-refractivity contribution is 6.99. The van der Waals surface area contributed by atoms with E-state index in [1.54, 1.807) is 0 Å². The van der Waals surface area contributed by atoms with Gasteiger partial charge >= 0.3 is 0 Å². The van der Waals surface area contributed by atoms with Crippen LogP contribution in [0.2, 0.25) is 0 Å². The van der Waals surface area contributed by atoms with Gasteiger partial charge < -0.3 is 9.64 Å². The summed E-state index contributed by atoms with van der Waals surface area (Å²) in [6, 6.07) is 0. The highest BCUT2D eigenvalue weighted by atomic mass is 32.1. The van der Waals surface area contributed by atoms with Gasteiger partial charge in [-0.2, -0.15) is 4.37 Å². The van der Waals surface area contributed by atoms with Crippen molar-refractivity contribution < 1.29 is 9.53 Å². The average molecular weight is 322 g/mol. The molecular formula is C15H22N4O2S. The third kappa shape index (κ3) is 3.91. The summed E-state index contributed by atoms with van der Waals surface area (Å²) in [6.07, 6.45) is 4.89.